The molecule has 0 aliphatic heterocycles. The Morgan fingerprint density at radius 3 is 2.45 bits per heavy atom. The van der Waals surface area contributed by atoms with Gasteiger partial charge >= 0.3 is 6.36 Å². The van der Waals surface area contributed by atoms with Gasteiger partial charge in [-0.05, 0) is 51.8 Å². The second kappa shape index (κ2) is 5.84. The second-order valence-electron chi connectivity index (χ2n) is 3.53. The van der Waals surface area contributed by atoms with Crippen molar-refractivity contribution in [3.8, 4) is 5.75 Å². The summed E-state index contributed by atoms with van der Waals surface area (Å²) in [5, 5.41) is 2.93. The molecule has 2 rings (SSSR count). The number of hydrogen-bond donors (Lipinski definition) is 1. The van der Waals surface area contributed by atoms with E-state index in [0.29, 0.717) is 16.0 Å². The van der Waals surface area contributed by atoms with Gasteiger partial charge in [-0.15, -0.1) is 13.2 Å². The summed E-state index contributed by atoms with van der Waals surface area (Å²) in [6.07, 6.45) is -3.25. The molecule has 1 heterocycles. The van der Waals surface area contributed by atoms with Gasteiger partial charge in [0.25, 0.3) is 0 Å². The third-order valence-electron chi connectivity index (χ3n) is 2.07. The zero-order valence-corrected chi connectivity index (χ0v) is 11.9. The van der Waals surface area contributed by atoms with Gasteiger partial charge in [0.15, 0.2) is 0 Å². The molecule has 0 bridgehead atoms. The van der Waals surface area contributed by atoms with Crippen molar-refractivity contribution in [3.05, 3.63) is 40.2 Å². The predicted octanol–water partition coefficient (Wildman–Crippen LogP) is 4.53. The minimum absolute atomic E-state index is 0.0488. The number of ether oxygens (including phenoxy) is 1. The molecule has 0 atom stereocenters. The maximum atomic E-state index is 12.0. The first-order valence-corrected chi connectivity index (χ1v) is 6.31. The monoisotopic (exact) mass is 367 g/mol. The highest BCUT2D eigenvalue weighted by Crippen LogP contribution is 2.27. The molecule has 0 radical (unpaired) electrons. The van der Waals surface area contributed by atoms with Crippen molar-refractivity contribution in [2.24, 2.45) is 0 Å². The number of nitrogens with one attached hydrogen (secondary N) is 1. The lowest BCUT2D eigenvalue weighted by atomic mass is 10.3. The topological polar surface area (TPSA) is 47.0 Å². The van der Waals surface area contributed by atoms with Crippen LogP contribution in [0.15, 0.2) is 34.9 Å². The molecule has 1 aromatic carbocycles. The summed E-state index contributed by atoms with van der Waals surface area (Å²) in [5.41, 5.74) is 0.523. The number of anilines is 2. The molecule has 1 N–H and O–H groups in total. The Morgan fingerprint density at radius 2 is 1.85 bits per heavy atom. The molecule has 0 saturated heterocycles. The molecule has 0 fully saturated rings. The Morgan fingerprint density at radius 1 is 1.20 bits per heavy atom. The number of alkyl halides is 3. The van der Waals surface area contributed by atoms with Crippen LogP contribution in [0, 0.1) is 0 Å². The average molecular weight is 369 g/mol. The summed E-state index contributed by atoms with van der Waals surface area (Å²) in [7, 11) is 0. The molecule has 0 amide bonds. The maximum absolute atomic E-state index is 12.0. The summed E-state index contributed by atoms with van der Waals surface area (Å²) in [5.74, 6) is 0.0947. The van der Waals surface area contributed by atoms with E-state index in [9.17, 15) is 13.2 Å². The van der Waals surface area contributed by atoms with Gasteiger partial charge in [0.05, 0.1) is 4.47 Å². The molecule has 0 aliphatic rings. The van der Waals surface area contributed by atoms with E-state index in [2.05, 4.69) is 36.0 Å². The fourth-order valence-electron chi connectivity index (χ4n) is 1.31. The van der Waals surface area contributed by atoms with Gasteiger partial charge in [-0.1, -0.05) is 0 Å². The van der Waals surface area contributed by atoms with Crippen LogP contribution < -0.4 is 10.1 Å². The van der Waals surface area contributed by atoms with Gasteiger partial charge in [0, 0.05) is 11.9 Å². The summed E-state index contributed by atoms with van der Waals surface area (Å²) in [4.78, 5) is 7.69. The number of aromatic nitrogens is 2. The highest BCUT2D eigenvalue weighted by molar-refractivity contribution is 9.10. The number of benzene rings is 1. The number of nitrogens with zero attached hydrogens (tertiary/aromatic N) is 2. The van der Waals surface area contributed by atoms with Crippen LogP contribution in [0.1, 0.15) is 0 Å². The summed E-state index contributed by atoms with van der Waals surface area (Å²) < 4.78 is 40.4. The van der Waals surface area contributed by atoms with Crippen molar-refractivity contribution in [2.45, 2.75) is 6.36 Å². The minimum Gasteiger partial charge on any atom is -0.406 e. The molecule has 1 aromatic heterocycles. The molecule has 0 unspecified atom stereocenters. The van der Waals surface area contributed by atoms with E-state index in [-0.39, 0.29) is 11.0 Å². The van der Waals surface area contributed by atoms with Crippen LogP contribution in [0.25, 0.3) is 0 Å². The molecule has 4 nitrogen and oxygen atoms in total. The molecule has 0 aliphatic carbocycles. The van der Waals surface area contributed by atoms with Crippen LogP contribution in [-0.4, -0.2) is 16.3 Å². The molecule has 0 saturated carbocycles. The van der Waals surface area contributed by atoms with Crippen molar-refractivity contribution >= 4 is 39.0 Å². The fraction of sp³-hybridized carbons (Fsp3) is 0.0909. The molecule has 20 heavy (non-hydrogen) atoms. The maximum Gasteiger partial charge on any atom is 0.573 e. The summed E-state index contributed by atoms with van der Waals surface area (Å²) in [6, 6.07) is 5.21. The number of halogens is 5. The summed E-state index contributed by atoms with van der Waals surface area (Å²) >= 11 is 8.88. The highest BCUT2D eigenvalue weighted by atomic mass is 79.9. The van der Waals surface area contributed by atoms with E-state index in [4.69, 9.17) is 11.6 Å². The minimum atomic E-state index is -4.71. The van der Waals surface area contributed by atoms with Crippen molar-refractivity contribution in [1.82, 2.24) is 9.97 Å². The first kappa shape index (κ1) is 14.9. The zero-order valence-electron chi connectivity index (χ0n) is 9.58. The Kier molecular flexibility index (Phi) is 4.34. The number of rotatable bonds is 3. The number of hydrogen-bond acceptors (Lipinski definition) is 4. The molecule has 0 spiro atoms. The SMILES string of the molecule is FC(F)(F)Oc1ccc(Nc2nc(Cl)ncc2Br)cc1. The lowest BCUT2D eigenvalue weighted by Crippen LogP contribution is -2.16. The van der Waals surface area contributed by atoms with E-state index in [1.54, 1.807) is 0 Å². The van der Waals surface area contributed by atoms with Gasteiger partial charge in [0.2, 0.25) is 5.28 Å². The van der Waals surface area contributed by atoms with Crippen LogP contribution >= 0.6 is 27.5 Å². The smallest absolute Gasteiger partial charge is 0.406 e. The van der Waals surface area contributed by atoms with Gasteiger partial charge < -0.3 is 10.1 Å². The van der Waals surface area contributed by atoms with E-state index in [0.717, 1.165) is 0 Å². The van der Waals surface area contributed by atoms with Gasteiger partial charge in [0.1, 0.15) is 11.6 Å². The molecular formula is C11H6BrClF3N3O. The quantitative estimate of drug-likeness (QED) is 0.808. The van der Waals surface area contributed by atoms with E-state index in [1.165, 1.54) is 30.5 Å². The second-order valence-corrected chi connectivity index (χ2v) is 4.73. The van der Waals surface area contributed by atoms with Crippen molar-refractivity contribution in [1.29, 1.82) is 0 Å². The Labute approximate surface area is 125 Å². The molecule has 2 aromatic rings. The summed E-state index contributed by atoms with van der Waals surface area (Å²) in [6.45, 7) is 0. The van der Waals surface area contributed by atoms with Gasteiger partial charge in [-0.25, -0.2) is 4.98 Å². The Balaban J connectivity index is 2.13. The van der Waals surface area contributed by atoms with Crippen molar-refractivity contribution in [3.63, 3.8) is 0 Å². The highest BCUT2D eigenvalue weighted by Gasteiger charge is 2.30. The molecular weight excluding hydrogens is 362 g/mol. The zero-order chi connectivity index (χ0) is 14.8. The van der Waals surface area contributed by atoms with Crippen molar-refractivity contribution in [2.75, 3.05) is 5.32 Å². The van der Waals surface area contributed by atoms with Gasteiger partial charge in [-0.2, -0.15) is 4.98 Å². The van der Waals surface area contributed by atoms with Crippen molar-refractivity contribution < 1.29 is 17.9 Å². The van der Waals surface area contributed by atoms with Crippen LogP contribution in [0.3, 0.4) is 0 Å². The third kappa shape index (κ3) is 4.24. The lowest BCUT2D eigenvalue weighted by Gasteiger charge is -2.10. The van der Waals surface area contributed by atoms with Crippen LogP contribution in [-0.2, 0) is 0 Å². The first-order valence-electron chi connectivity index (χ1n) is 5.14. The molecule has 106 valence electrons. The normalized spacial score (nSPS) is 11.2. The van der Waals surface area contributed by atoms with E-state index < -0.39 is 6.36 Å². The Bertz CT molecular complexity index is 607. The molecule has 9 heteroatoms. The third-order valence-corrected chi connectivity index (χ3v) is 2.83. The van der Waals surface area contributed by atoms with E-state index in [1.807, 2.05) is 0 Å². The standard InChI is InChI=1S/C11H6BrClF3N3O/c12-8-5-17-10(13)19-9(8)18-6-1-3-7(4-2-6)20-11(14,15)16/h1-5H,(H,17,18,19). The Hall–Kier alpha value is -1.54. The first-order chi connectivity index (χ1) is 9.33. The lowest BCUT2D eigenvalue weighted by molar-refractivity contribution is -0.274. The fourth-order valence-corrected chi connectivity index (χ4v) is 1.73. The van der Waals surface area contributed by atoms with Crippen LogP contribution in [0.2, 0.25) is 5.28 Å². The van der Waals surface area contributed by atoms with Gasteiger partial charge in [-0.3, -0.25) is 0 Å². The largest absolute Gasteiger partial charge is 0.573 e. The van der Waals surface area contributed by atoms with E-state index >= 15 is 0 Å². The average Bonchev–Trinajstić information content (AvgIpc) is 2.34. The van der Waals surface area contributed by atoms with Crippen LogP contribution in [0.4, 0.5) is 24.7 Å². The van der Waals surface area contributed by atoms with Crippen LogP contribution in [0.5, 0.6) is 5.75 Å². The predicted molar refractivity (Wildman–Crippen MR) is 71.1 cm³/mol.